The van der Waals surface area contributed by atoms with E-state index in [1.165, 1.54) is 16.9 Å². The number of carboxylic acids is 1. The highest BCUT2D eigenvalue weighted by atomic mass is 16.4. The van der Waals surface area contributed by atoms with Gasteiger partial charge < -0.3 is 10.4 Å². The summed E-state index contributed by atoms with van der Waals surface area (Å²) < 4.78 is 3.16. The van der Waals surface area contributed by atoms with Crippen molar-refractivity contribution in [3.63, 3.8) is 0 Å². The van der Waals surface area contributed by atoms with Crippen LogP contribution in [0, 0.1) is 6.92 Å². The molecule has 0 saturated heterocycles. The lowest BCUT2D eigenvalue weighted by Gasteiger charge is -2.10. The van der Waals surface area contributed by atoms with Gasteiger partial charge in [0.2, 0.25) is 0 Å². The Balaban J connectivity index is 1.65. The van der Waals surface area contributed by atoms with Gasteiger partial charge in [0.15, 0.2) is 11.5 Å². The largest absolute Gasteiger partial charge is 0.477 e. The van der Waals surface area contributed by atoms with Crippen LogP contribution in [-0.4, -0.2) is 46.6 Å². The van der Waals surface area contributed by atoms with Crippen molar-refractivity contribution >= 4 is 23.6 Å². The summed E-state index contributed by atoms with van der Waals surface area (Å²) in [5.41, 5.74) is 3.16. The second-order valence-electron chi connectivity index (χ2n) is 7.63. The number of aliphatic carboxylic acids is 1. The standard InChI is InChI=1S/C25H19N7O3/c1-16-19(14-20(25(34)35)27-24(33)18-10-6-3-7-11-18)23(17-8-4-2-5-9-17)32(29-16)22-13-12-21-28-26-15-31(21)30-22/h2-15H,1H3,(H,27,33)(H,34,35)/b20-14-. The molecule has 0 spiro atoms. The van der Waals surface area contributed by atoms with Gasteiger partial charge in [-0.15, -0.1) is 15.3 Å². The van der Waals surface area contributed by atoms with Crippen molar-refractivity contribution in [1.82, 2.24) is 34.9 Å². The van der Waals surface area contributed by atoms with E-state index in [1.54, 1.807) is 54.1 Å². The fraction of sp³-hybridized carbons (Fsp3) is 0.0400. The van der Waals surface area contributed by atoms with Crippen molar-refractivity contribution in [2.45, 2.75) is 6.92 Å². The lowest BCUT2D eigenvalue weighted by atomic mass is 10.0. The molecule has 10 heteroatoms. The summed E-state index contributed by atoms with van der Waals surface area (Å²) in [5.74, 6) is -1.31. The molecule has 0 aliphatic heterocycles. The number of carbonyl (C=O) groups is 2. The molecule has 2 N–H and O–H groups in total. The maximum Gasteiger partial charge on any atom is 0.352 e. The average Bonchev–Trinajstić information content (AvgIpc) is 3.48. The van der Waals surface area contributed by atoms with Crippen LogP contribution in [-0.2, 0) is 4.79 Å². The number of amides is 1. The summed E-state index contributed by atoms with van der Waals surface area (Å²) in [6, 6.07) is 21.4. The zero-order valence-electron chi connectivity index (χ0n) is 18.5. The number of aromatic nitrogens is 6. The van der Waals surface area contributed by atoms with E-state index in [-0.39, 0.29) is 5.70 Å². The Labute approximate surface area is 199 Å². The topological polar surface area (TPSA) is 127 Å². The molecule has 5 rings (SSSR count). The molecule has 0 radical (unpaired) electrons. The highest BCUT2D eigenvalue weighted by molar-refractivity contribution is 6.03. The second-order valence-corrected chi connectivity index (χ2v) is 7.63. The van der Waals surface area contributed by atoms with Gasteiger partial charge in [0, 0.05) is 16.7 Å². The van der Waals surface area contributed by atoms with Crippen molar-refractivity contribution in [2.24, 2.45) is 0 Å². The molecule has 0 bridgehead atoms. The Hall–Kier alpha value is -5.12. The van der Waals surface area contributed by atoms with Crippen molar-refractivity contribution in [3.8, 4) is 17.1 Å². The van der Waals surface area contributed by atoms with Gasteiger partial charge in [-0.05, 0) is 37.3 Å². The maximum absolute atomic E-state index is 12.7. The minimum absolute atomic E-state index is 0.277. The summed E-state index contributed by atoms with van der Waals surface area (Å²) in [5, 5.41) is 29.4. The lowest BCUT2D eigenvalue weighted by molar-refractivity contribution is -0.132. The van der Waals surface area contributed by atoms with Gasteiger partial charge in [0.05, 0.1) is 11.4 Å². The third kappa shape index (κ3) is 4.27. The third-order valence-electron chi connectivity index (χ3n) is 5.32. The number of carbonyl (C=O) groups excluding carboxylic acids is 1. The Morgan fingerprint density at radius 1 is 0.943 bits per heavy atom. The minimum Gasteiger partial charge on any atom is -0.477 e. The van der Waals surface area contributed by atoms with Gasteiger partial charge in [-0.1, -0.05) is 48.5 Å². The number of aryl methyl sites for hydroxylation is 1. The van der Waals surface area contributed by atoms with Crippen LogP contribution in [0.3, 0.4) is 0 Å². The molecular weight excluding hydrogens is 446 g/mol. The molecule has 0 saturated carbocycles. The Kier molecular flexibility index (Phi) is 5.60. The van der Waals surface area contributed by atoms with Crippen LogP contribution < -0.4 is 5.32 Å². The van der Waals surface area contributed by atoms with Gasteiger partial charge in [-0.2, -0.15) is 9.61 Å². The lowest BCUT2D eigenvalue weighted by Crippen LogP contribution is -2.27. The van der Waals surface area contributed by atoms with Crippen LogP contribution in [0.1, 0.15) is 21.6 Å². The molecule has 0 atom stereocenters. The zero-order chi connectivity index (χ0) is 24.4. The van der Waals surface area contributed by atoms with Gasteiger partial charge >= 0.3 is 5.97 Å². The first-order chi connectivity index (χ1) is 17.0. The summed E-state index contributed by atoms with van der Waals surface area (Å²) in [6.07, 6.45) is 2.90. The first kappa shape index (κ1) is 21.7. The van der Waals surface area contributed by atoms with Crippen molar-refractivity contribution in [1.29, 1.82) is 0 Å². The van der Waals surface area contributed by atoms with Crippen LogP contribution in [0.2, 0.25) is 0 Å². The van der Waals surface area contributed by atoms with Crippen molar-refractivity contribution in [3.05, 3.63) is 102 Å². The summed E-state index contributed by atoms with van der Waals surface area (Å²) in [4.78, 5) is 24.7. The predicted octanol–water partition coefficient (Wildman–Crippen LogP) is 3.14. The van der Waals surface area contributed by atoms with E-state index in [0.717, 1.165) is 5.56 Å². The van der Waals surface area contributed by atoms with Gasteiger partial charge in [0.25, 0.3) is 5.91 Å². The van der Waals surface area contributed by atoms with E-state index >= 15 is 0 Å². The Morgan fingerprint density at radius 3 is 2.37 bits per heavy atom. The van der Waals surface area contributed by atoms with Crippen molar-refractivity contribution < 1.29 is 14.7 Å². The Morgan fingerprint density at radius 2 is 1.66 bits per heavy atom. The molecule has 10 nitrogen and oxygen atoms in total. The predicted molar refractivity (Wildman–Crippen MR) is 128 cm³/mol. The number of hydrogen-bond acceptors (Lipinski definition) is 6. The highest BCUT2D eigenvalue weighted by Crippen LogP contribution is 2.30. The third-order valence-corrected chi connectivity index (χ3v) is 5.32. The first-order valence-electron chi connectivity index (χ1n) is 10.6. The smallest absolute Gasteiger partial charge is 0.352 e. The highest BCUT2D eigenvalue weighted by Gasteiger charge is 2.21. The normalized spacial score (nSPS) is 11.5. The van der Waals surface area contributed by atoms with Crippen molar-refractivity contribution in [2.75, 3.05) is 0 Å². The fourth-order valence-corrected chi connectivity index (χ4v) is 3.66. The van der Waals surface area contributed by atoms with E-state index in [9.17, 15) is 14.7 Å². The molecule has 3 heterocycles. The van der Waals surface area contributed by atoms with Gasteiger partial charge in [0.1, 0.15) is 12.0 Å². The molecule has 0 fully saturated rings. The number of nitrogens with zero attached hydrogens (tertiary/aromatic N) is 6. The number of fused-ring (bicyclic) bond motifs is 1. The molecule has 1 amide bonds. The van der Waals surface area contributed by atoms with Crippen LogP contribution in [0.25, 0.3) is 28.8 Å². The van der Waals surface area contributed by atoms with Gasteiger partial charge in [-0.25, -0.2) is 9.48 Å². The van der Waals surface area contributed by atoms with E-state index in [4.69, 9.17) is 0 Å². The number of benzene rings is 2. The fourth-order valence-electron chi connectivity index (χ4n) is 3.66. The number of hydrogen-bond donors (Lipinski definition) is 2. The van der Waals surface area contributed by atoms with Crippen LogP contribution in [0.5, 0.6) is 0 Å². The zero-order valence-corrected chi connectivity index (χ0v) is 18.5. The number of rotatable bonds is 6. The van der Waals surface area contributed by atoms with E-state index < -0.39 is 11.9 Å². The molecule has 35 heavy (non-hydrogen) atoms. The van der Waals surface area contributed by atoms with E-state index in [1.807, 2.05) is 30.3 Å². The van der Waals surface area contributed by atoms with Crippen LogP contribution in [0.4, 0.5) is 0 Å². The molecule has 0 unspecified atom stereocenters. The average molecular weight is 465 g/mol. The maximum atomic E-state index is 12.7. The number of carboxylic acid groups (broad SMARTS) is 1. The number of nitrogens with one attached hydrogen (secondary N) is 1. The molecule has 0 aliphatic carbocycles. The summed E-state index contributed by atoms with van der Waals surface area (Å²) in [7, 11) is 0. The molecule has 2 aromatic carbocycles. The Bertz CT molecular complexity index is 1570. The quantitative estimate of drug-likeness (QED) is 0.369. The second kappa shape index (κ2) is 9.02. The molecular formula is C25H19N7O3. The molecule has 0 aliphatic rings. The van der Waals surface area contributed by atoms with Crippen LogP contribution >= 0.6 is 0 Å². The molecule has 3 aromatic heterocycles. The molecule has 172 valence electrons. The van der Waals surface area contributed by atoms with Crippen LogP contribution in [0.15, 0.2) is 84.8 Å². The first-order valence-corrected chi connectivity index (χ1v) is 10.6. The molecule has 5 aromatic rings. The van der Waals surface area contributed by atoms with E-state index in [0.29, 0.717) is 34.0 Å². The SMILES string of the molecule is Cc1nn(-c2ccc3nncn3n2)c(-c2ccccc2)c1/C=C(\NC(=O)c1ccccc1)C(=O)O. The van der Waals surface area contributed by atoms with E-state index in [2.05, 4.69) is 25.7 Å². The monoisotopic (exact) mass is 465 g/mol. The van der Waals surface area contributed by atoms with Gasteiger partial charge in [-0.3, -0.25) is 4.79 Å². The minimum atomic E-state index is -1.27. The summed E-state index contributed by atoms with van der Waals surface area (Å²) in [6.45, 7) is 1.77. The summed E-state index contributed by atoms with van der Waals surface area (Å²) >= 11 is 0.